The van der Waals surface area contributed by atoms with Gasteiger partial charge in [-0.1, -0.05) is 40.0 Å². The van der Waals surface area contributed by atoms with Crippen molar-refractivity contribution < 1.29 is 0 Å². The Balaban J connectivity index is 0.000000873. The summed E-state index contributed by atoms with van der Waals surface area (Å²) in [6.45, 7) is 6.56. The lowest BCUT2D eigenvalue weighted by molar-refractivity contribution is 0.696. The lowest BCUT2D eigenvalue weighted by Crippen LogP contribution is -2.08. The van der Waals surface area contributed by atoms with Crippen molar-refractivity contribution >= 4 is 0 Å². The first-order valence-corrected chi connectivity index (χ1v) is 7.03. The van der Waals surface area contributed by atoms with Crippen molar-refractivity contribution in [1.82, 2.24) is 20.7 Å². The number of hydrogen-bond acceptors (Lipinski definition) is 4. The highest BCUT2D eigenvalue weighted by atomic mass is 15.3. The third-order valence-corrected chi connectivity index (χ3v) is 2.50. The molecule has 0 amide bonds. The Bertz CT molecular complexity index is 288. The average Bonchev–Trinajstić information content (AvgIpc) is 2.35. The molecular weight excluding hydrogens is 224 g/mol. The monoisotopic (exact) mass is 252 g/mol. The van der Waals surface area contributed by atoms with E-state index in [1.807, 2.05) is 14.1 Å². The van der Waals surface area contributed by atoms with Gasteiger partial charge in [0.1, 0.15) is 0 Å². The van der Waals surface area contributed by atoms with Crippen LogP contribution in [0.15, 0.2) is 0 Å². The summed E-state index contributed by atoms with van der Waals surface area (Å²) in [5.41, 5.74) is 3.69. The summed E-state index contributed by atoms with van der Waals surface area (Å²) in [6.07, 6.45) is 6.55. The summed E-state index contributed by atoms with van der Waals surface area (Å²) in [7, 11) is 3.75. The first-order valence-electron chi connectivity index (χ1n) is 7.03. The van der Waals surface area contributed by atoms with Crippen molar-refractivity contribution in [2.75, 3.05) is 14.1 Å². The van der Waals surface area contributed by atoms with E-state index in [0.717, 1.165) is 49.9 Å². The maximum atomic E-state index is 4.17. The molecule has 0 aliphatic rings. The topological polar surface area (TPSA) is 50.7 Å². The van der Waals surface area contributed by atoms with Crippen molar-refractivity contribution in [1.29, 1.82) is 0 Å². The van der Waals surface area contributed by atoms with Crippen LogP contribution in [0.1, 0.15) is 57.0 Å². The maximum absolute atomic E-state index is 4.17. The van der Waals surface area contributed by atoms with Gasteiger partial charge in [-0.2, -0.15) is 0 Å². The van der Waals surface area contributed by atoms with Gasteiger partial charge in [0.25, 0.3) is 0 Å². The quantitative estimate of drug-likeness (QED) is 0.845. The molecule has 0 saturated carbocycles. The minimum Gasteiger partial charge on any atom is -0.323 e. The highest BCUT2D eigenvalue weighted by Crippen LogP contribution is 2.15. The van der Waals surface area contributed by atoms with Crippen LogP contribution in [-0.4, -0.2) is 29.5 Å². The molecule has 0 fully saturated rings. The molecule has 0 bridgehead atoms. The van der Waals surface area contributed by atoms with Gasteiger partial charge in [-0.3, -0.25) is 0 Å². The van der Waals surface area contributed by atoms with Crippen LogP contribution in [0.3, 0.4) is 0 Å². The van der Waals surface area contributed by atoms with Crippen LogP contribution in [0.2, 0.25) is 0 Å². The fourth-order valence-electron chi connectivity index (χ4n) is 1.83. The van der Waals surface area contributed by atoms with Crippen LogP contribution in [0.5, 0.6) is 0 Å². The molecule has 0 aromatic carbocycles. The van der Waals surface area contributed by atoms with Gasteiger partial charge in [0.15, 0.2) is 0 Å². The molecule has 1 N–H and O–H groups in total. The maximum Gasteiger partial charge on any atom is 0.0699 e. The van der Waals surface area contributed by atoms with Gasteiger partial charge in [0.2, 0.25) is 0 Å². The Morgan fingerprint density at radius 3 is 1.50 bits per heavy atom. The molecule has 104 valence electrons. The lowest BCUT2D eigenvalue weighted by Gasteiger charge is -2.09. The minimum absolute atomic E-state index is 1.03. The van der Waals surface area contributed by atoms with Gasteiger partial charge in [-0.25, -0.2) is 0 Å². The van der Waals surface area contributed by atoms with Crippen LogP contribution in [0.4, 0.5) is 0 Å². The summed E-state index contributed by atoms with van der Waals surface area (Å²) in [5.74, 6) is 0. The zero-order chi connectivity index (χ0) is 13.8. The van der Waals surface area contributed by atoms with Gasteiger partial charge in [0, 0.05) is 0 Å². The van der Waals surface area contributed by atoms with Gasteiger partial charge in [-0.15, -0.1) is 10.2 Å². The van der Waals surface area contributed by atoms with Crippen molar-refractivity contribution in [3.05, 3.63) is 17.0 Å². The summed E-state index contributed by atoms with van der Waals surface area (Å²) >= 11 is 0. The molecule has 4 nitrogen and oxygen atoms in total. The first kappa shape index (κ1) is 17.0. The predicted molar refractivity (Wildman–Crippen MR) is 76.8 cm³/mol. The SMILES string of the molecule is CCCc1nnnc(CCC)c1CCC.CNC. The van der Waals surface area contributed by atoms with Crippen molar-refractivity contribution in [3.8, 4) is 0 Å². The normalized spacial score (nSPS) is 9.83. The van der Waals surface area contributed by atoms with Crippen LogP contribution < -0.4 is 5.32 Å². The van der Waals surface area contributed by atoms with E-state index in [2.05, 4.69) is 41.5 Å². The molecule has 0 spiro atoms. The predicted octanol–water partition coefficient (Wildman–Crippen LogP) is 2.56. The zero-order valence-corrected chi connectivity index (χ0v) is 12.6. The van der Waals surface area contributed by atoms with E-state index in [1.54, 1.807) is 0 Å². The zero-order valence-electron chi connectivity index (χ0n) is 12.6. The van der Waals surface area contributed by atoms with Gasteiger partial charge >= 0.3 is 0 Å². The molecular formula is C14H28N4. The molecule has 4 heteroatoms. The molecule has 0 saturated heterocycles. The molecule has 0 aliphatic heterocycles. The van der Waals surface area contributed by atoms with Crippen LogP contribution in [-0.2, 0) is 19.3 Å². The molecule has 1 heterocycles. The largest absolute Gasteiger partial charge is 0.323 e. The average molecular weight is 252 g/mol. The Morgan fingerprint density at radius 2 is 1.17 bits per heavy atom. The second kappa shape index (κ2) is 11.1. The Labute approximate surface area is 112 Å². The van der Waals surface area contributed by atoms with E-state index in [1.165, 1.54) is 5.56 Å². The Hall–Kier alpha value is -1.03. The van der Waals surface area contributed by atoms with E-state index in [-0.39, 0.29) is 0 Å². The minimum atomic E-state index is 1.03. The summed E-state index contributed by atoms with van der Waals surface area (Å²) in [6, 6.07) is 0. The smallest absolute Gasteiger partial charge is 0.0699 e. The van der Waals surface area contributed by atoms with Gasteiger partial charge in [0.05, 0.1) is 11.4 Å². The van der Waals surface area contributed by atoms with Crippen LogP contribution in [0.25, 0.3) is 0 Å². The van der Waals surface area contributed by atoms with E-state index in [4.69, 9.17) is 0 Å². The number of hydrogen-bond donors (Lipinski definition) is 1. The summed E-state index contributed by atoms with van der Waals surface area (Å²) in [4.78, 5) is 0. The molecule has 1 rings (SSSR count). The van der Waals surface area contributed by atoms with Crippen molar-refractivity contribution in [2.24, 2.45) is 0 Å². The van der Waals surface area contributed by atoms with Gasteiger partial charge in [-0.05, 0) is 44.1 Å². The third-order valence-electron chi connectivity index (χ3n) is 2.50. The van der Waals surface area contributed by atoms with E-state index >= 15 is 0 Å². The molecule has 0 unspecified atom stereocenters. The standard InChI is InChI=1S/C12H21N3.C2H7N/c1-4-7-10-11(8-5-2)13-15-14-12(10)9-6-3;1-3-2/h4-9H2,1-3H3;3H,1-2H3. The fourth-order valence-corrected chi connectivity index (χ4v) is 1.83. The van der Waals surface area contributed by atoms with E-state index in [9.17, 15) is 0 Å². The second-order valence-corrected chi connectivity index (χ2v) is 4.41. The Kier molecular flexibility index (Phi) is 10.4. The van der Waals surface area contributed by atoms with Crippen molar-refractivity contribution in [2.45, 2.75) is 59.3 Å². The van der Waals surface area contributed by atoms with Crippen molar-refractivity contribution in [3.63, 3.8) is 0 Å². The van der Waals surface area contributed by atoms with Crippen LogP contribution in [0, 0.1) is 0 Å². The molecule has 0 radical (unpaired) electrons. The lowest BCUT2D eigenvalue weighted by atomic mass is 10.0. The number of nitrogens with one attached hydrogen (secondary N) is 1. The fraction of sp³-hybridized carbons (Fsp3) is 0.786. The number of rotatable bonds is 6. The molecule has 0 atom stereocenters. The molecule has 1 aromatic heterocycles. The van der Waals surface area contributed by atoms with Crippen LogP contribution >= 0.6 is 0 Å². The molecule has 1 aromatic rings. The number of nitrogens with zero attached hydrogens (tertiary/aromatic N) is 3. The summed E-state index contributed by atoms with van der Waals surface area (Å²) in [5, 5.41) is 15.0. The van der Waals surface area contributed by atoms with E-state index < -0.39 is 0 Å². The molecule has 18 heavy (non-hydrogen) atoms. The Morgan fingerprint density at radius 1 is 0.778 bits per heavy atom. The highest BCUT2D eigenvalue weighted by molar-refractivity contribution is 5.24. The number of aromatic nitrogens is 3. The number of aryl methyl sites for hydroxylation is 2. The first-order chi connectivity index (χ1) is 8.74. The summed E-state index contributed by atoms with van der Waals surface area (Å²) < 4.78 is 0. The van der Waals surface area contributed by atoms with E-state index in [0.29, 0.717) is 0 Å². The molecule has 0 aliphatic carbocycles. The highest BCUT2D eigenvalue weighted by Gasteiger charge is 2.10. The second-order valence-electron chi connectivity index (χ2n) is 4.41. The third kappa shape index (κ3) is 6.05. The van der Waals surface area contributed by atoms with Gasteiger partial charge < -0.3 is 5.32 Å².